The van der Waals surface area contributed by atoms with Crippen molar-refractivity contribution in [3.63, 3.8) is 0 Å². The second-order valence-corrected chi connectivity index (χ2v) is 5.29. The van der Waals surface area contributed by atoms with Crippen LogP contribution in [-0.4, -0.2) is 34.1 Å². The SMILES string of the molecule is CCC(C)(NC(=O)NC(C)(C(N)=O)C(C)C)C(=O)O. The molecule has 0 rings (SSSR count). The number of carboxylic acids is 1. The van der Waals surface area contributed by atoms with E-state index in [-0.39, 0.29) is 12.3 Å². The van der Waals surface area contributed by atoms with Gasteiger partial charge in [0.25, 0.3) is 0 Å². The lowest BCUT2D eigenvalue weighted by molar-refractivity contribution is -0.143. The molecular weight excluding hydrogens is 250 g/mol. The number of rotatable bonds is 6. The molecular formula is C12H23N3O4. The third-order valence-electron chi connectivity index (χ3n) is 3.61. The molecule has 0 spiro atoms. The van der Waals surface area contributed by atoms with Gasteiger partial charge in [-0.05, 0) is 26.2 Å². The van der Waals surface area contributed by atoms with Gasteiger partial charge < -0.3 is 21.5 Å². The largest absolute Gasteiger partial charge is 0.480 e. The van der Waals surface area contributed by atoms with E-state index in [4.69, 9.17) is 10.8 Å². The molecule has 0 aliphatic rings. The van der Waals surface area contributed by atoms with E-state index in [2.05, 4.69) is 10.6 Å². The number of primary amides is 1. The van der Waals surface area contributed by atoms with Gasteiger partial charge in [-0.1, -0.05) is 20.8 Å². The summed E-state index contributed by atoms with van der Waals surface area (Å²) in [4.78, 5) is 34.4. The first-order valence-corrected chi connectivity index (χ1v) is 6.13. The van der Waals surface area contributed by atoms with Crippen molar-refractivity contribution in [1.82, 2.24) is 10.6 Å². The highest BCUT2D eigenvalue weighted by molar-refractivity contribution is 5.92. The second kappa shape index (κ2) is 5.90. The van der Waals surface area contributed by atoms with Crippen molar-refractivity contribution in [2.75, 3.05) is 0 Å². The summed E-state index contributed by atoms with van der Waals surface area (Å²) in [6.07, 6.45) is 0.213. The number of carbonyl (C=O) groups is 3. The van der Waals surface area contributed by atoms with Crippen LogP contribution in [0.4, 0.5) is 4.79 Å². The molecule has 0 bridgehead atoms. The third kappa shape index (κ3) is 3.84. The number of carbonyl (C=O) groups excluding carboxylic acids is 2. The Balaban J connectivity index is 4.97. The van der Waals surface area contributed by atoms with E-state index in [1.165, 1.54) is 13.8 Å². The van der Waals surface area contributed by atoms with Crippen molar-refractivity contribution < 1.29 is 19.5 Å². The van der Waals surface area contributed by atoms with Gasteiger partial charge in [0.15, 0.2) is 0 Å². The normalized spacial score (nSPS) is 17.2. The summed E-state index contributed by atoms with van der Waals surface area (Å²) < 4.78 is 0. The summed E-state index contributed by atoms with van der Waals surface area (Å²) in [6, 6.07) is -0.734. The monoisotopic (exact) mass is 273 g/mol. The number of nitrogens with one attached hydrogen (secondary N) is 2. The molecule has 3 amide bonds. The maximum absolute atomic E-state index is 11.9. The maximum atomic E-state index is 11.9. The van der Waals surface area contributed by atoms with Crippen LogP contribution in [0.3, 0.4) is 0 Å². The third-order valence-corrected chi connectivity index (χ3v) is 3.61. The fourth-order valence-corrected chi connectivity index (χ4v) is 1.30. The molecule has 110 valence electrons. The first-order chi connectivity index (χ1) is 8.49. The van der Waals surface area contributed by atoms with E-state index < -0.39 is 29.0 Å². The van der Waals surface area contributed by atoms with Crippen molar-refractivity contribution in [2.24, 2.45) is 11.7 Å². The average molecular weight is 273 g/mol. The molecule has 0 aromatic rings. The molecule has 5 N–H and O–H groups in total. The zero-order valence-electron chi connectivity index (χ0n) is 12.0. The molecule has 0 heterocycles. The molecule has 0 radical (unpaired) electrons. The Morgan fingerprint density at radius 1 is 1.21 bits per heavy atom. The quantitative estimate of drug-likeness (QED) is 0.561. The van der Waals surface area contributed by atoms with Crippen LogP contribution < -0.4 is 16.4 Å². The molecule has 2 atom stereocenters. The summed E-state index contributed by atoms with van der Waals surface area (Å²) in [7, 11) is 0. The highest BCUT2D eigenvalue weighted by Crippen LogP contribution is 2.16. The fourth-order valence-electron chi connectivity index (χ4n) is 1.30. The maximum Gasteiger partial charge on any atom is 0.329 e. The molecule has 19 heavy (non-hydrogen) atoms. The minimum Gasteiger partial charge on any atom is -0.480 e. The molecule has 0 saturated carbocycles. The average Bonchev–Trinajstić information content (AvgIpc) is 2.27. The van der Waals surface area contributed by atoms with E-state index in [1.807, 2.05) is 0 Å². The van der Waals surface area contributed by atoms with Crippen LogP contribution in [0, 0.1) is 5.92 Å². The molecule has 7 heteroatoms. The zero-order valence-corrected chi connectivity index (χ0v) is 12.0. The first-order valence-electron chi connectivity index (χ1n) is 6.13. The summed E-state index contributed by atoms with van der Waals surface area (Å²) in [6.45, 7) is 8.02. The van der Waals surface area contributed by atoms with Gasteiger partial charge in [-0.3, -0.25) is 4.79 Å². The fraction of sp³-hybridized carbons (Fsp3) is 0.750. The summed E-state index contributed by atoms with van der Waals surface area (Å²) >= 11 is 0. The van der Waals surface area contributed by atoms with Crippen LogP contribution in [0.15, 0.2) is 0 Å². The standard InChI is InChI=1S/C12H23N3O4/c1-6-11(4,9(17)18)14-10(19)15-12(5,7(2)3)8(13)16/h7H,6H2,1-5H3,(H2,13,16)(H,17,18)(H2,14,15,19). The number of hydrogen-bond acceptors (Lipinski definition) is 3. The van der Waals surface area contributed by atoms with Gasteiger partial charge in [0, 0.05) is 0 Å². The Labute approximate surface area is 112 Å². The van der Waals surface area contributed by atoms with Crippen molar-refractivity contribution in [3.05, 3.63) is 0 Å². The lowest BCUT2D eigenvalue weighted by Gasteiger charge is -2.33. The first kappa shape index (κ1) is 17.2. The Kier molecular flexibility index (Phi) is 5.34. The minimum atomic E-state index is -1.39. The summed E-state index contributed by atoms with van der Waals surface area (Å²) in [5, 5.41) is 13.9. The number of carboxylic acid groups (broad SMARTS) is 1. The van der Waals surface area contributed by atoms with E-state index >= 15 is 0 Å². The molecule has 0 fully saturated rings. The van der Waals surface area contributed by atoms with E-state index in [0.717, 1.165) is 0 Å². The molecule has 0 aromatic carbocycles. The van der Waals surface area contributed by atoms with Gasteiger partial charge in [-0.15, -0.1) is 0 Å². The Morgan fingerprint density at radius 3 is 1.95 bits per heavy atom. The van der Waals surface area contributed by atoms with Crippen LogP contribution >= 0.6 is 0 Å². The van der Waals surface area contributed by atoms with Crippen LogP contribution in [0.25, 0.3) is 0 Å². The highest BCUT2D eigenvalue weighted by atomic mass is 16.4. The van der Waals surface area contributed by atoms with Crippen LogP contribution in [0.1, 0.15) is 41.0 Å². The number of aliphatic carboxylic acids is 1. The predicted molar refractivity (Wildman–Crippen MR) is 70.4 cm³/mol. The van der Waals surface area contributed by atoms with Gasteiger partial charge in [0.05, 0.1) is 0 Å². The molecule has 0 saturated heterocycles. The van der Waals surface area contributed by atoms with Gasteiger partial charge in [-0.2, -0.15) is 0 Å². The second-order valence-electron chi connectivity index (χ2n) is 5.29. The predicted octanol–water partition coefficient (Wildman–Crippen LogP) is 0.439. The number of urea groups is 1. The lowest BCUT2D eigenvalue weighted by Crippen LogP contribution is -2.64. The highest BCUT2D eigenvalue weighted by Gasteiger charge is 2.39. The number of hydrogen-bond donors (Lipinski definition) is 4. The van der Waals surface area contributed by atoms with Crippen molar-refractivity contribution in [1.29, 1.82) is 0 Å². The van der Waals surface area contributed by atoms with Crippen LogP contribution in [0.5, 0.6) is 0 Å². The number of nitrogens with two attached hydrogens (primary N) is 1. The van der Waals surface area contributed by atoms with Crippen LogP contribution in [-0.2, 0) is 9.59 Å². The Bertz CT molecular complexity index is 383. The van der Waals surface area contributed by atoms with Gasteiger partial charge in [0.2, 0.25) is 5.91 Å². The Hall–Kier alpha value is -1.79. The van der Waals surface area contributed by atoms with Crippen LogP contribution in [0.2, 0.25) is 0 Å². The van der Waals surface area contributed by atoms with Crippen molar-refractivity contribution in [3.8, 4) is 0 Å². The van der Waals surface area contributed by atoms with Crippen molar-refractivity contribution >= 4 is 17.9 Å². The van der Waals surface area contributed by atoms with E-state index in [1.54, 1.807) is 20.8 Å². The molecule has 0 aliphatic carbocycles. The summed E-state index contributed by atoms with van der Waals surface area (Å²) in [5.41, 5.74) is 2.65. The molecule has 2 unspecified atom stereocenters. The Morgan fingerprint density at radius 2 is 1.68 bits per heavy atom. The summed E-state index contributed by atoms with van der Waals surface area (Å²) in [5.74, 6) is -2.05. The molecule has 0 aromatic heterocycles. The lowest BCUT2D eigenvalue weighted by atomic mass is 9.88. The van der Waals surface area contributed by atoms with E-state index in [9.17, 15) is 14.4 Å². The van der Waals surface area contributed by atoms with Gasteiger partial charge in [0.1, 0.15) is 11.1 Å². The topological polar surface area (TPSA) is 122 Å². The zero-order chi connectivity index (χ0) is 15.4. The smallest absolute Gasteiger partial charge is 0.329 e. The molecule has 0 aliphatic heterocycles. The number of amides is 3. The molecule has 7 nitrogen and oxygen atoms in total. The van der Waals surface area contributed by atoms with Crippen molar-refractivity contribution in [2.45, 2.75) is 52.1 Å². The van der Waals surface area contributed by atoms with E-state index in [0.29, 0.717) is 0 Å². The van der Waals surface area contributed by atoms with Gasteiger partial charge in [-0.25, -0.2) is 9.59 Å². The van der Waals surface area contributed by atoms with Gasteiger partial charge >= 0.3 is 12.0 Å². The minimum absolute atomic E-state index is 0.213.